The zero-order chi connectivity index (χ0) is 17.7. The number of carbonyl (C=O) groups excluding carboxylic acids is 2. The van der Waals surface area contributed by atoms with E-state index in [4.69, 9.17) is 5.73 Å². The largest absolute Gasteiger partial charge is 0.368 e. The molecule has 0 aliphatic rings. The van der Waals surface area contributed by atoms with Gasteiger partial charge in [0, 0.05) is 24.6 Å². The summed E-state index contributed by atoms with van der Waals surface area (Å²) in [6.07, 6.45) is 0. The van der Waals surface area contributed by atoms with Crippen molar-refractivity contribution in [3.05, 3.63) is 71.3 Å². The molecule has 0 aliphatic carbocycles. The fourth-order valence-corrected chi connectivity index (χ4v) is 2.31. The molecule has 0 spiro atoms. The van der Waals surface area contributed by atoms with E-state index < -0.39 is 11.8 Å². The van der Waals surface area contributed by atoms with Crippen molar-refractivity contribution in [3.63, 3.8) is 0 Å². The molecular formula is C18H18F2N2O2. The van der Waals surface area contributed by atoms with Gasteiger partial charge in [0.15, 0.2) is 0 Å². The lowest BCUT2D eigenvalue weighted by Crippen LogP contribution is -2.38. The van der Waals surface area contributed by atoms with Crippen LogP contribution in [0.4, 0.5) is 8.78 Å². The number of primary amides is 1. The third kappa shape index (κ3) is 4.62. The van der Waals surface area contributed by atoms with Gasteiger partial charge in [-0.05, 0) is 23.8 Å². The number of nitrogens with two attached hydrogens (primary N) is 1. The molecule has 0 bridgehead atoms. The summed E-state index contributed by atoms with van der Waals surface area (Å²) in [5, 5.41) is 0. The van der Waals surface area contributed by atoms with Crippen molar-refractivity contribution in [1.82, 2.24) is 4.90 Å². The van der Waals surface area contributed by atoms with Gasteiger partial charge in [-0.1, -0.05) is 36.4 Å². The first kappa shape index (κ1) is 17.6. The van der Waals surface area contributed by atoms with E-state index in [2.05, 4.69) is 0 Å². The number of amides is 2. The van der Waals surface area contributed by atoms with Gasteiger partial charge in [0.2, 0.25) is 5.91 Å². The van der Waals surface area contributed by atoms with E-state index in [1.165, 1.54) is 23.1 Å². The maximum atomic E-state index is 13.5. The third-order valence-corrected chi connectivity index (χ3v) is 3.46. The Bertz CT molecular complexity index is 727. The first-order chi connectivity index (χ1) is 11.3. The molecule has 2 N–H and O–H groups in total. The second kappa shape index (κ2) is 7.21. The lowest BCUT2D eigenvalue weighted by Gasteiger charge is -2.22. The Balaban J connectivity index is 2.27. The predicted octanol–water partition coefficient (Wildman–Crippen LogP) is 2.93. The van der Waals surface area contributed by atoms with Crippen LogP contribution in [0.3, 0.4) is 0 Å². The molecule has 0 saturated heterocycles. The van der Waals surface area contributed by atoms with Crippen molar-refractivity contribution in [1.29, 1.82) is 0 Å². The van der Waals surface area contributed by atoms with Crippen LogP contribution in [0.1, 0.15) is 28.4 Å². The first-order valence-corrected chi connectivity index (χ1v) is 7.37. The maximum Gasteiger partial charge on any atom is 0.270 e. The summed E-state index contributed by atoms with van der Waals surface area (Å²) < 4.78 is 26.9. The average molecular weight is 332 g/mol. The summed E-state index contributed by atoms with van der Waals surface area (Å²) in [6, 6.07) is 14.2. The van der Waals surface area contributed by atoms with Crippen molar-refractivity contribution < 1.29 is 18.4 Å². The van der Waals surface area contributed by atoms with E-state index in [0.29, 0.717) is 11.1 Å². The van der Waals surface area contributed by atoms with Crippen molar-refractivity contribution in [2.75, 3.05) is 6.54 Å². The number of hydrogen-bond acceptors (Lipinski definition) is 2. The Hall–Kier alpha value is -2.76. The quantitative estimate of drug-likeness (QED) is 0.884. The average Bonchev–Trinajstić information content (AvgIpc) is 2.53. The van der Waals surface area contributed by atoms with Crippen LogP contribution in [0.15, 0.2) is 54.6 Å². The standard InChI is InChI=1S/C18H18F2N2O2/c1-18(19,20)15-9-5-6-13(10-15)11-22(12-16(21)23)17(24)14-7-3-2-4-8-14/h2-10H,11-12H2,1H3,(H2,21,23). The van der Waals surface area contributed by atoms with Crippen LogP contribution in [0, 0.1) is 0 Å². The van der Waals surface area contributed by atoms with Gasteiger partial charge in [0.05, 0.1) is 6.54 Å². The van der Waals surface area contributed by atoms with Crippen molar-refractivity contribution in [2.24, 2.45) is 5.73 Å². The Morgan fingerprint density at radius 1 is 1.08 bits per heavy atom. The van der Waals surface area contributed by atoms with Crippen LogP contribution in [0.2, 0.25) is 0 Å². The molecule has 0 saturated carbocycles. The van der Waals surface area contributed by atoms with E-state index >= 15 is 0 Å². The van der Waals surface area contributed by atoms with Crippen molar-refractivity contribution in [3.8, 4) is 0 Å². The molecule has 126 valence electrons. The summed E-state index contributed by atoms with van der Waals surface area (Å²) >= 11 is 0. The highest BCUT2D eigenvalue weighted by Crippen LogP contribution is 2.27. The highest BCUT2D eigenvalue weighted by atomic mass is 19.3. The minimum absolute atomic E-state index is 0.0145. The molecule has 0 atom stereocenters. The van der Waals surface area contributed by atoms with Crippen LogP contribution in [-0.2, 0) is 17.3 Å². The summed E-state index contributed by atoms with van der Waals surface area (Å²) in [5.41, 5.74) is 5.96. The molecule has 0 radical (unpaired) electrons. The van der Waals surface area contributed by atoms with E-state index in [0.717, 1.165) is 6.92 Å². The molecule has 24 heavy (non-hydrogen) atoms. The molecule has 0 fully saturated rings. The molecule has 2 rings (SSSR count). The summed E-state index contributed by atoms with van der Waals surface area (Å²) in [5.74, 6) is -4.03. The Morgan fingerprint density at radius 3 is 2.33 bits per heavy atom. The van der Waals surface area contributed by atoms with Crippen LogP contribution in [-0.4, -0.2) is 23.3 Å². The van der Waals surface area contributed by atoms with Gasteiger partial charge in [0.1, 0.15) is 0 Å². The fourth-order valence-electron chi connectivity index (χ4n) is 2.31. The monoisotopic (exact) mass is 332 g/mol. The second-order valence-electron chi connectivity index (χ2n) is 5.58. The molecule has 2 aromatic carbocycles. The van der Waals surface area contributed by atoms with Crippen LogP contribution in [0.5, 0.6) is 0 Å². The molecule has 2 amide bonds. The molecule has 4 nitrogen and oxygen atoms in total. The van der Waals surface area contributed by atoms with E-state index in [1.807, 2.05) is 0 Å². The van der Waals surface area contributed by atoms with Gasteiger partial charge >= 0.3 is 0 Å². The van der Waals surface area contributed by atoms with E-state index in [9.17, 15) is 18.4 Å². The van der Waals surface area contributed by atoms with Gasteiger partial charge in [-0.25, -0.2) is 8.78 Å². The molecule has 0 aromatic heterocycles. The second-order valence-corrected chi connectivity index (χ2v) is 5.58. The fraction of sp³-hybridized carbons (Fsp3) is 0.222. The third-order valence-electron chi connectivity index (χ3n) is 3.46. The van der Waals surface area contributed by atoms with Gasteiger partial charge in [-0.15, -0.1) is 0 Å². The Kier molecular flexibility index (Phi) is 5.28. The van der Waals surface area contributed by atoms with Gasteiger partial charge in [-0.2, -0.15) is 0 Å². The summed E-state index contributed by atoms with van der Waals surface area (Å²) in [6.45, 7) is 0.531. The SMILES string of the molecule is CC(F)(F)c1cccc(CN(CC(N)=O)C(=O)c2ccccc2)c1. The minimum Gasteiger partial charge on any atom is -0.368 e. The van der Waals surface area contributed by atoms with Crippen LogP contribution >= 0.6 is 0 Å². The smallest absolute Gasteiger partial charge is 0.270 e. The number of benzene rings is 2. The predicted molar refractivity (Wildman–Crippen MR) is 86.4 cm³/mol. The lowest BCUT2D eigenvalue weighted by atomic mass is 10.1. The van der Waals surface area contributed by atoms with Crippen molar-refractivity contribution in [2.45, 2.75) is 19.4 Å². The molecule has 0 unspecified atom stereocenters. The summed E-state index contributed by atoms with van der Waals surface area (Å²) in [4.78, 5) is 25.0. The van der Waals surface area contributed by atoms with E-state index in [1.54, 1.807) is 36.4 Å². The van der Waals surface area contributed by atoms with Gasteiger partial charge in [0.25, 0.3) is 11.8 Å². The van der Waals surface area contributed by atoms with Gasteiger partial charge < -0.3 is 10.6 Å². The number of hydrogen-bond donors (Lipinski definition) is 1. The topological polar surface area (TPSA) is 63.4 Å². The highest BCUT2D eigenvalue weighted by molar-refractivity contribution is 5.96. The highest BCUT2D eigenvalue weighted by Gasteiger charge is 2.25. The van der Waals surface area contributed by atoms with Crippen LogP contribution < -0.4 is 5.73 Å². The number of alkyl halides is 2. The molecular weight excluding hydrogens is 314 g/mol. The molecule has 6 heteroatoms. The van der Waals surface area contributed by atoms with E-state index in [-0.39, 0.29) is 24.6 Å². The zero-order valence-electron chi connectivity index (χ0n) is 13.2. The zero-order valence-corrected chi connectivity index (χ0v) is 13.2. The molecule has 0 heterocycles. The Morgan fingerprint density at radius 2 is 1.75 bits per heavy atom. The number of halogens is 2. The van der Waals surface area contributed by atoms with Crippen LogP contribution in [0.25, 0.3) is 0 Å². The lowest BCUT2D eigenvalue weighted by molar-refractivity contribution is -0.118. The number of rotatable bonds is 6. The Labute approximate surface area is 138 Å². The summed E-state index contributed by atoms with van der Waals surface area (Å²) in [7, 11) is 0. The van der Waals surface area contributed by atoms with Gasteiger partial charge in [-0.3, -0.25) is 9.59 Å². The van der Waals surface area contributed by atoms with Crippen molar-refractivity contribution >= 4 is 11.8 Å². The normalized spacial score (nSPS) is 11.1. The first-order valence-electron chi connectivity index (χ1n) is 7.37. The number of carbonyl (C=O) groups is 2. The maximum absolute atomic E-state index is 13.5. The number of nitrogens with zero attached hydrogens (tertiary/aromatic N) is 1. The molecule has 2 aromatic rings. The minimum atomic E-state index is -2.98. The molecule has 0 aliphatic heterocycles.